The maximum atomic E-state index is 13.0. The largest absolute Gasteiger partial charge is 0.318 e. The second kappa shape index (κ2) is 7.13. The summed E-state index contributed by atoms with van der Waals surface area (Å²) >= 11 is 5.57. The lowest BCUT2D eigenvalue weighted by molar-refractivity contribution is 0.576. The van der Waals surface area contributed by atoms with Gasteiger partial charge in [0.05, 0.1) is 4.90 Å². The van der Waals surface area contributed by atoms with Crippen LogP contribution < -0.4 is 10.0 Å². The molecule has 2 N–H and O–H groups in total. The SMILES string of the molecule is CNCCNS(=O)(=O)c1cc(F)cc(Cl)c1.Cl. The zero-order valence-corrected chi connectivity index (χ0v) is 11.4. The van der Waals surface area contributed by atoms with Gasteiger partial charge < -0.3 is 5.32 Å². The zero-order chi connectivity index (χ0) is 12.2. The Morgan fingerprint density at radius 2 is 1.94 bits per heavy atom. The van der Waals surface area contributed by atoms with Gasteiger partial charge in [0.1, 0.15) is 5.82 Å². The number of likely N-dealkylation sites (N-methyl/N-ethyl adjacent to an activating group) is 1. The third kappa shape index (κ3) is 5.18. The Bertz CT molecular complexity index is 448. The predicted octanol–water partition coefficient (Wildman–Crippen LogP) is 1.40. The van der Waals surface area contributed by atoms with E-state index in [1.54, 1.807) is 7.05 Å². The number of benzene rings is 1. The summed E-state index contributed by atoms with van der Waals surface area (Å²) in [5.74, 6) is -0.679. The molecule has 0 heterocycles. The molecule has 0 aliphatic heterocycles. The van der Waals surface area contributed by atoms with Gasteiger partial charge in [-0.2, -0.15) is 0 Å². The van der Waals surface area contributed by atoms with E-state index >= 15 is 0 Å². The Morgan fingerprint density at radius 1 is 1.29 bits per heavy atom. The van der Waals surface area contributed by atoms with E-state index in [-0.39, 0.29) is 28.9 Å². The second-order valence-electron chi connectivity index (χ2n) is 3.11. The van der Waals surface area contributed by atoms with Gasteiger partial charge in [-0.15, -0.1) is 12.4 Å². The lowest BCUT2D eigenvalue weighted by Crippen LogP contribution is -2.30. The van der Waals surface area contributed by atoms with Crippen molar-refractivity contribution < 1.29 is 12.8 Å². The van der Waals surface area contributed by atoms with Gasteiger partial charge in [0.15, 0.2) is 0 Å². The summed E-state index contributed by atoms with van der Waals surface area (Å²) in [6, 6.07) is 3.17. The summed E-state index contributed by atoms with van der Waals surface area (Å²) in [5, 5.41) is 2.84. The average molecular weight is 303 g/mol. The molecule has 1 rings (SSSR count). The average Bonchev–Trinajstić information content (AvgIpc) is 2.16. The minimum atomic E-state index is -3.69. The molecule has 0 fully saturated rings. The summed E-state index contributed by atoms with van der Waals surface area (Å²) in [4.78, 5) is -0.173. The van der Waals surface area contributed by atoms with E-state index < -0.39 is 15.8 Å². The molecular weight excluding hydrogens is 290 g/mol. The highest BCUT2D eigenvalue weighted by Gasteiger charge is 2.14. The molecule has 17 heavy (non-hydrogen) atoms. The first-order valence-electron chi connectivity index (χ1n) is 4.56. The topological polar surface area (TPSA) is 58.2 Å². The predicted molar refractivity (Wildman–Crippen MR) is 67.8 cm³/mol. The van der Waals surface area contributed by atoms with Crippen molar-refractivity contribution in [1.82, 2.24) is 10.0 Å². The summed E-state index contributed by atoms with van der Waals surface area (Å²) in [7, 11) is -1.99. The number of sulfonamides is 1. The minimum Gasteiger partial charge on any atom is -0.318 e. The smallest absolute Gasteiger partial charge is 0.240 e. The molecule has 0 aliphatic carbocycles. The van der Waals surface area contributed by atoms with Crippen LogP contribution in [0.15, 0.2) is 23.1 Å². The van der Waals surface area contributed by atoms with E-state index in [0.717, 1.165) is 12.1 Å². The Labute approximate surface area is 111 Å². The fraction of sp³-hybridized carbons (Fsp3) is 0.333. The standard InChI is InChI=1S/C9H12ClFN2O2S.ClH/c1-12-2-3-13-16(14,15)9-5-7(10)4-8(11)6-9;/h4-6,12-13H,2-3H2,1H3;1H. The maximum Gasteiger partial charge on any atom is 0.240 e. The molecule has 0 saturated carbocycles. The summed E-state index contributed by atoms with van der Waals surface area (Å²) in [6.45, 7) is 0.718. The molecule has 4 nitrogen and oxygen atoms in total. The van der Waals surface area contributed by atoms with Crippen LogP contribution in [0.3, 0.4) is 0 Å². The van der Waals surface area contributed by atoms with Crippen molar-refractivity contribution in [2.45, 2.75) is 4.90 Å². The Hall–Kier alpha value is -0.400. The van der Waals surface area contributed by atoms with Crippen LogP contribution in [0.2, 0.25) is 5.02 Å². The van der Waals surface area contributed by atoms with E-state index in [1.807, 2.05) is 0 Å². The fourth-order valence-electron chi connectivity index (χ4n) is 1.08. The molecule has 0 spiro atoms. The molecule has 8 heteroatoms. The van der Waals surface area contributed by atoms with Gasteiger partial charge in [0.2, 0.25) is 10.0 Å². The van der Waals surface area contributed by atoms with Gasteiger partial charge in [-0.25, -0.2) is 17.5 Å². The quantitative estimate of drug-likeness (QED) is 0.808. The third-order valence-electron chi connectivity index (χ3n) is 1.81. The van der Waals surface area contributed by atoms with Gasteiger partial charge >= 0.3 is 0 Å². The van der Waals surface area contributed by atoms with Crippen LogP contribution in [0.25, 0.3) is 0 Å². The number of hydrogen-bond acceptors (Lipinski definition) is 3. The van der Waals surface area contributed by atoms with Gasteiger partial charge in [-0.1, -0.05) is 11.6 Å². The maximum absolute atomic E-state index is 13.0. The number of rotatable bonds is 5. The van der Waals surface area contributed by atoms with Crippen molar-refractivity contribution in [3.8, 4) is 0 Å². The third-order valence-corrected chi connectivity index (χ3v) is 3.47. The van der Waals surface area contributed by atoms with Crippen LogP contribution >= 0.6 is 24.0 Å². The summed E-state index contributed by atoms with van der Waals surface area (Å²) in [5.41, 5.74) is 0. The molecule has 0 bridgehead atoms. The van der Waals surface area contributed by atoms with Crippen LogP contribution in [0, 0.1) is 5.82 Å². The first-order valence-corrected chi connectivity index (χ1v) is 6.42. The van der Waals surface area contributed by atoms with Crippen LogP contribution in [0.4, 0.5) is 4.39 Å². The Kier molecular flexibility index (Phi) is 6.96. The van der Waals surface area contributed by atoms with E-state index in [1.165, 1.54) is 6.07 Å². The van der Waals surface area contributed by atoms with Crippen LogP contribution in [0.1, 0.15) is 0 Å². The van der Waals surface area contributed by atoms with Crippen molar-refractivity contribution in [1.29, 1.82) is 0 Å². The number of hydrogen-bond donors (Lipinski definition) is 2. The van der Waals surface area contributed by atoms with Crippen molar-refractivity contribution in [2.24, 2.45) is 0 Å². The lowest BCUT2D eigenvalue weighted by Gasteiger charge is -2.06. The van der Waals surface area contributed by atoms with Crippen molar-refractivity contribution in [2.75, 3.05) is 20.1 Å². The molecular formula is C9H13Cl2FN2O2S. The van der Waals surface area contributed by atoms with Gasteiger partial charge in [0, 0.05) is 18.1 Å². The summed E-state index contributed by atoms with van der Waals surface area (Å²) in [6.07, 6.45) is 0. The molecule has 1 aromatic carbocycles. The van der Waals surface area contributed by atoms with E-state index in [0.29, 0.717) is 6.54 Å². The molecule has 1 aromatic rings. The number of nitrogens with one attached hydrogen (secondary N) is 2. The highest BCUT2D eigenvalue weighted by molar-refractivity contribution is 7.89. The first kappa shape index (κ1) is 16.6. The Morgan fingerprint density at radius 3 is 2.47 bits per heavy atom. The van der Waals surface area contributed by atoms with Gasteiger partial charge in [-0.05, 0) is 25.2 Å². The van der Waals surface area contributed by atoms with E-state index in [2.05, 4.69) is 10.0 Å². The van der Waals surface area contributed by atoms with Crippen molar-refractivity contribution in [3.05, 3.63) is 29.0 Å². The van der Waals surface area contributed by atoms with Gasteiger partial charge in [0.25, 0.3) is 0 Å². The van der Waals surface area contributed by atoms with Crippen molar-refractivity contribution in [3.63, 3.8) is 0 Å². The minimum absolute atomic E-state index is 0. The van der Waals surface area contributed by atoms with Crippen molar-refractivity contribution >= 4 is 34.0 Å². The van der Waals surface area contributed by atoms with Crippen LogP contribution in [-0.2, 0) is 10.0 Å². The second-order valence-corrected chi connectivity index (χ2v) is 5.31. The Balaban J connectivity index is 0.00000256. The molecule has 0 unspecified atom stereocenters. The molecule has 0 radical (unpaired) electrons. The zero-order valence-electron chi connectivity index (χ0n) is 9.04. The van der Waals surface area contributed by atoms with E-state index in [4.69, 9.17) is 11.6 Å². The van der Waals surface area contributed by atoms with E-state index in [9.17, 15) is 12.8 Å². The highest BCUT2D eigenvalue weighted by Crippen LogP contribution is 2.17. The molecule has 0 saturated heterocycles. The molecule has 0 aromatic heterocycles. The molecule has 0 atom stereocenters. The first-order chi connectivity index (χ1) is 7.45. The fourth-order valence-corrected chi connectivity index (χ4v) is 2.45. The van der Waals surface area contributed by atoms with Crippen LogP contribution in [-0.4, -0.2) is 28.6 Å². The lowest BCUT2D eigenvalue weighted by atomic mass is 10.3. The molecule has 98 valence electrons. The summed E-state index contributed by atoms with van der Waals surface area (Å²) < 4.78 is 38.6. The van der Waals surface area contributed by atoms with Gasteiger partial charge in [-0.3, -0.25) is 0 Å². The monoisotopic (exact) mass is 302 g/mol. The highest BCUT2D eigenvalue weighted by atomic mass is 35.5. The normalized spacial score (nSPS) is 11.0. The molecule has 0 aliphatic rings. The molecule has 0 amide bonds. The van der Waals surface area contributed by atoms with Crippen LogP contribution in [0.5, 0.6) is 0 Å². The number of halogens is 3.